The number of hydrogen-bond donors (Lipinski definition) is 2. The van der Waals surface area contributed by atoms with Gasteiger partial charge in [-0.2, -0.15) is 18.3 Å². The SMILES string of the molecule is C[C@@H]1CCC[C@H](N2CCC(c3cc(Cl)ccc3-n3cc(Cl)nn3)=CC2=O)c2cc(ccn2)-c2c(cnn2CCOC(C)(C)C)NC1=O.O=C(O)C(F)(F)F. The van der Waals surface area contributed by atoms with Gasteiger partial charge < -0.3 is 20.1 Å². The number of ether oxygens (including phenoxy) is 1. The van der Waals surface area contributed by atoms with Gasteiger partial charge in [0.05, 0.1) is 60.0 Å². The number of aliphatic carboxylic acids is 1. The van der Waals surface area contributed by atoms with Gasteiger partial charge in [0.25, 0.3) is 0 Å². The first-order chi connectivity index (χ1) is 25.4. The van der Waals surface area contributed by atoms with Crippen molar-refractivity contribution in [1.29, 1.82) is 0 Å². The zero-order valence-corrected chi connectivity index (χ0v) is 31.4. The molecule has 0 saturated heterocycles. The van der Waals surface area contributed by atoms with Crippen LogP contribution in [-0.4, -0.2) is 82.5 Å². The maximum absolute atomic E-state index is 14.0. The van der Waals surface area contributed by atoms with E-state index >= 15 is 0 Å². The number of amides is 2. The maximum atomic E-state index is 14.0. The molecular formula is C36H39Cl2F3N8O5. The molecule has 0 aliphatic carbocycles. The first-order valence-electron chi connectivity index (χ1n) is 17.1. The Morgan fingerprint density at radius 3 is 2.50 bits per heavy atom. The van der Waals surface area contributed by atoms with Gasteiger partial charge in [-0.25, -0.2) is 9.48 Å². The summed E-state index contributed by atoms with van der Waals surface area (Å²) in [7, 11) is 0. The second-order valence-corrected chi connectivity index (χ2v) is 14.6. The third-order valence-corrected chi connectivity index (χ3v) is 9.14. The molecule has 1 aromatic carbocycles. The number of carboxylic acids is 1. The summed E-state index contributed by atoms with van der Waals surface area (Å²) in [4.78, 5) is 42.8. The Morgan fingerprint density at radius 1 is 1.11 bits per heavy atom. The lowest BCUT2D eigenvalue weighted by molar-refractivity contribution is -0.192. The van der Waals surface area contributed by atoms with Gasteiger partial charge in [-0.05, 0) is 75.9 Å². The summed E-state index contributed by atoms with van der Waals surface area (Å²) in [6, 6.07) is 9.09. The van der Waals surface area contributed by atoms with E-state index in [0.717, 1.165) is 40.2 Å². The number of fused-ring (bicyclic) bond motifs is 4. The van der Waals surface area contributed by atoms with E-state index in [2.05, 4.69) is 20.7 Å². The van der Waals surface area contributed by atoms with Gasteiger partial charge in [0.2, 0.25) is 11.8 Å². The van der Waals surface area contributed by atoms with Crippen LogP contribution in [0.4, 0.5) is 18.9 Å². The predicted molar refractivity (Wildman–Crippen MR) is 195 cm³/mol. The molecule has 0 saturated carbocycles. The van der Waals surface area contributed by atoms with Crippen LogP contribution in [0.5, 0.6) is 0 Å². The lowest BCUT2D eigenvalue weighted by Gasteiger charge is -2.34. The molecule has 5 heterocycles. The van der Waals surface area contributed by atoms with Crippen LogP contribution in [0.25, 0.3) is 22.5 Å². The van der Waals surface area contributed by atoms with Gasteiger partial charge in [0.15, 0.2) is 5.15 Å². The average Bonchev–Trinajstić information content (AvgIpc) is 3.71. The second kappa shape index (κ2) is 16.7. The van der Waals surface area contributed by atoms with Crippen molar-refractivity contribution < 1.29 is 37.4 Å². The predicted octanol–water partition coefficient (Wildman–Crippen LogP) is 7.40. The molecule has 0 fully saturated rings. The van der Waals surface area contributed by atoms with E-state index in [-0.39, 0.29) is 34.5 Å². The van der Waals surface area contributed by atoms with Crippen molar-refractivity contribution in [3.05, 3.63) is 76.4 Å². The first kappa shape index (κ1) is 40.4. The van der Waals surface area contributed by atoms with E-state index in [9.17, 15) is 22.8 Å². The summed E-state index contributed by atoms with van der Waals surface area (Å²) in [5.74, 6) is -3.16. The van der Waals surface area contributed by atoms with Crippen molar-refractivity contribution in [2.24, 2.45) is 5.92 Å². The summed E-state index contributed by atoms with van der Waals surface area (Å²) in [5.41, 5.74) is 5.14. The highest BCUT2D eigenvalue weighted by atomic mass is 35.5. The van der Waals surface area contributed by atoms with Gasteiger partial charge in [-0.3, -0.25) is 19.3 Å². The fourth-order valence-electron chi connectivity index (χ4n) is 6.14. The molecule has 0 spiro atoms. The standard InChI is InChI=1S/C34H38Cl2N8O3.C2HF3O2/c1-21-6-5-7-29(42-13-11-22(17-31(42)45)25-18-24(35)8-9-28(25)44-20-30(36)40-41-44)26-16-23(10-12-37-26)32-27(39-33(21)46)19-38-43(32)14-15-47-34(2,3)4;3-2(4,5)1(6)7/h8-10,12,16-21,29H,5-7,11,13-15H2,1-4H3,(H,39,46);(H,6,7)/t21-,29+;/m1./s1. The highest BCUT2D eigenvalue weighted by molar-refractivity contribution is 6.31. The quantitative estimate of drug-likeness (QED) is 0.203. The largest absolute Gasteiger partial charge is 0.490 e. The molecule has 0 unspecified atom stereocenters. The molecule has 4 aromatic rings. The Morgan fingerprint density at radius 2 is 1.85 bits per heavy atom. The third-order valence-electron chi connectivity index (χ3n) is 8.73. The van der Waals surface area contributed by atoms with Crippen LogP contribution in [0.1, 0.15) is 70.7 Å². The zero-order valence-electron chi connectivity index (χ0n) is 29.9. The average molecular weight is 792 g/mol. The topological polar surface area (TPSA) is 157 Å². The number of aromatic nitrogens is 6. The Balaban J connectivity index is 0.000000730. The zero-order chi connectivity index (χ0) is 39.4. The number of halogens is 5. The van der Waals surface area contributed by atoms with Gasteiger partial charge in [-0.15, -0.1) is 5.10 Å². The van der Waals surface area contributed by atoms with Crippen molar-refractivity contribution in [3.8, 4) is 16.9 Å². The van der Waals surface area contributed by atoms with E-state index in [1.165, 1.54) is 0 Å². The van der Waals surface area contributed by atoms with Crippen molar-refractivity contribution >= 4 is 52.2 Å². The molecule has 2 aliphatic heterocycles. The van der Waals surface area contributed by atoms with Gasteiger partial charge in [-0.1, -0.05) is 41.8 Å². The van der Waals surface area contributed by atoms with Crippen LogP contribution in [-0.2, 0) is 25.7 Å². The number of nitrogens with one attached hydrogen (secondary N) is 1. The van der Waals surface area contributed by atoms with Crippen LogP contribution < -0.4 is 5.32 Å². The Kier molecular flexibility index (Phi) is 12.5. The highest BCUT2D eigenvalue weighted by Crippen LogP contribution is 2.37. The molecular weight excluding hydrogens is 752 g/mol. The molecule has 2 aliphatic rings. The summed E-state index contributed by atoms with van der Waals surface area (Å²) in [6.45, 7) is 9.41. The molecule has 2 N–H and O–H groups in total. The van der Waals surface area contributed by atoms with Gasteiger partial charge >= 0.3 is 12.1 Å². The molecule has 54 heavy (non-hydrogen) atoms. The number of carboxylic acid groups (broad SMARTS) is 1. The molecule has 2 bridgehead atoms. The fourth-order valence-corrected chi connectivity index (χ4v) is 6.44. The third kappa shape index (κ3) is 10.0. The van der Waals surface area contributed by atoms with E-state index in [4.69, 9.17) is 42.8 Å². The number of nitrogens with zero attached hydrogens (tertiary/aromatic N) is 7. The monoisotopic (exact) mass is 790 g/mol. The van der Waals surface area contributed by atoms with Crippen LogP contribution >= 0.6 is 23.2 Å². The number of benzene rings is 1. The van der Waals surface area contributed by atoms with E-state index < -0.39 is 12.1 Å². The molecule has 2 atom stereocenters. The Labute approximate surface area is 319 Å². The number of carbonyl (C=O) groups is 3. The summed E-state index contributed by atoms with van der Waals surface area (Å²) in [6.07, 6.45) is 4.33. The van der Waals surface area contributed by atoms with Gasteiger partial charge in [0.1, 0.15) is 0 Å². The molecule has 3 aromatic heterocycles. The number of hydrogen-bond acceptors (Lipinski definition) is 8. The molecule has 2 amide bonds. The maximum Gasteiger partial charge on any atom is 0.490 e. The van der Waals surface area contributed by atoms with Crippen LogP contribution in [0, 0.1) is 5.92 Å². The van der Waals surface area contributed by atoms with Crippen LogP contribution in [0.15, 0.2) is 55.0 Å². The summed E-state index contributed by atoms with van der Waals surface area (Å²) >= 11 is 12.5. The number of alkyl halides is 3. The van der Waals surface area contributed by atoms with Crippen molar-refractivity contribution in [2.45, 2.75) is 77.7 Å². The smallest absolute Gasteiger partial charge is 0.475 e. The Bertz CT molecular complexity index is 2040. The van der Waals surface area contributed by atoms with Crippen LogP contribution in [0.2, 0.25) is 10.2 Å². The molecule has 288 valence electrons. The molecule has 18 heteroatoms. The second-order valence-electron chi connectivity index (χ2n) is 13.8. The fraction of sp³-hybridized carbons (Fsp3) is 0.417. The number of pyridine rings is 1. The summed E-state index contributed by atoms with van der Waals surface area (Å²) < 4.78 is 41.2. The van der Waals surface area contributed by atoms with E-state index in [0.29, 0.717) is 49.7 Å². The van der Waals surface area contributed by atoms with Crippen molar-refractivity contribution in [3.63, 3.8) is 0 Å². The minimum absolute atomic E-state index is 0.0595. The molecule has 6 rings (SSSR count). The highest BCUT2D eigenvalue weighted by Gasteiger charge is 2.38. The normalized spacial score (nSPS) is 18.0. The van der Waals surface area contributed by atoms with Crippen LogP contribution in [0.3, 0.4) is 0 Å². The van der Waals surface area contributed by atoms with E-state index in [1.54, 1.807) is 35.4 Å². The van der Waals surface area contributed by atoms with Crippen molar-refractivity contribution in [2.75, 3.05) is 18.5 Å². The lowest BCUT2D eigenvalue weighted by Crippen LogP contribution is -2.38. The van der Waals surface area contributed by atoms with E-state index in [1.807, 2.05) is 61.5 Å². The Hall–Kier alpha value is -4.80. The van der Waals surface area contributed by atoms with Gasteiger partial charge in [0, 0.05) is 40.9 Å². The first-order valence-corrected chi connectivity index (χ1v) is 17.8. The minimum atomic E-state index is -5.08. The summed E-state index contributed by atoms with van der Waals surface area (Å²) in [5, 5.41) is 23.7. The minimum Gasteiger partial charge on any atom is -0.475 e. The number of anilines is 1. The number of rotatable bonds is 6. The molecule has 0 radical (unpaired) electrons. The molecule has 13 nitrogen and oxygen atoms in total. The lowest BCUT2D eigenvalue weighted by atomic mass is 9.93. The number of carbonyl (C=O) groups excluding carboxylic acids is 2. The van der Waals surface area contributed by atoms with Crippen molar-refractivity contribution in [1.82, 2.24) is 34.7 Å².